The fraction of sp³-hybridized carbons (Fsp3) is 0.125. The number of ether oxygens (including phenoxy) is 2. The number of benzene rings is 2. The van der Waals surface area contributed by atoms with Gasteiger partial charge in [-0.1, -0.05) is 29.8 Å². The molecule has 0 fully saturated rings. The molecule has 2 aromatic carbocycles. The molecular weight excluding hydrogens is 320 g/mol. The van der Waals surface area contributed by atoms with Crippen LogP contribution < -0.4 is 15.2 Å². The summed E-state index contributed by atoms with van der Waals surface area (Å²) >= 11 is 5.90. The van der Waals surface area contributed by atoms with Gasteiger partial charge < -0.3 is 19.6 Å². The van der Waals surface area contributed by atoms with Crippen LogP contribution in [0.25, 0.3) is 11.1 Å². The number of hydrogen-bond donors (Lipinski definition) is 1. The van der Waals surface area contributed by atoms with Crippen LogP contribution in [0, 0.1) is 0 Å². The molecule has 0 aliphatic rings. The van der Waals surface area contributed by atoms with Crippen LogP contribution in [0.2, 0.25) is 5.02 Å². The van der Waals surface area contributed by atoms with Crippen molar-refractivity contribution in [3.8, 4) is 11.8 Å². The molecule has 0 radical (unpaired) electrons. The molecule has 0 bridgehead atoms. The molecule has 1 unspecified atom stereocenters. The number of halogens is 1. The largest absolute Gasteiger partial charge is 0.454 e. The third kappa shape index (κ3) is 3.92. The van der Waals surface area contributed by atoms with Gasteiger partial charge in [0.15, 0.2) is 5.58 Å². The number of nitrogens with two attached hydrogens (primary N) is 1. The summed E-state index contributed by atoms with van der Waals surface area (Å²) in [5, 5.41) is 0.523. The molecular formula is C16H13ClN2O4. The summed E-state index contributed by atoms with van der Waals surface area (Å²) in [6, 6.07) is 14.0. The lowest BCUT2D eigenvalue weighted by Gasteiger charge is -2.16. The zero-order chi connectivity index (χ0) is 16.2. The molecule has 1 heterocycles. The van der Waals surface area contributed by atoms with Crippen LogP contribution in [-0.4, -0.2) is 17.2 Å². The highest BCUT2D eigenvalue weighted by Crippen LogP contribution is 2.25. The highest BCUT2D eigenvalue weighted by molar-refractivity contribution is 6.31. The highest BCUT2D eigenvalue weighted by Gasteiger charge is 2.19. The molecule has 3 rings (SSSR count). The van der Waals surface area contributed by atoms with Crippen LogP contribution in [-0.2, 0) is 4.79 Å². The van der Waals surface area contributed by atoms with Crippen molar-refractivity contribution in [3.63, 3.8) is 0 Å². The van der Waals surface area contributed by atoms with E-state index in [1.165, 1.54) is 0 Å². The van der Waals surface area contributed by atoms with Gasteiger partial charge in [0.25, 0.3) is 6.29 Å². The first-order valence-corrected chi connectivity index (χ1v) is 7.21. The van der Waals surface area contributed by atoms with Crippen molar-refractivity contribution < 1.29 is 18.7 Å². The SMILES string of the molecule is NC(=O)CC(Oc1ccccc1)Oc1nc2ccc(Cl)cc2o1. The second-order valence-corrected chi connectivity index (χ2v) is 5.18. The highest BCUT2D eigenvalue weighted by atomic mass is 35.5. The Labute approximate surface area is 136 Å². The van der Waals surface area contributed by atoms with Crippen LogP contribution in [0.4, 0.5) is 0 Å². The lowest BCUT2D eigenvalue weighted by molar-refractivity contribution is -0.123. The van der Waals surface area contributed by atoms with E-state index in [1.807, 2.05) is 6.07 Å². The molecule has 0 aliphatic heterocycles. The Balaban J connectivity index is 1.80. The Morgan fingerprint density at radius 1 is 1.22 bits per heavy atom. The van der Waals surface area contributed by atoms with E-state index in [1.54, 1.807) is 42.5 Å². The van der Waals surface area contributed by atoms with E-state index in [0.29, 0.717) is 21.9 Å². The van der Waals surface area contributed by atoms with Gasteiger partial charge in [-0.3, -0.25) is 4.79 Å². The van der Waals surface area contributed by atoms with Crippen LogP contribution in [0.3, 0.4) is 0 Å². The van der Waals surface area contributed by atoms with Crippen molar-refractivity contribution in [2.75, 3.05) is 0 Å². The monoisotopic (exact) mass is 332 g/mol. The molecule has 0 aliphatic carbocycles. The molecule has 23 heavy (non-hydrogen) atoms. The van der Waals surface area contributed by atoms with E-state index < -0.39 is 12.2 Å². The number of hydrogen-bond acceptors (Lipinski definition) is 5. The summed E-state index contributed by atoms with van der Waals surface area (Å²) in [7, 11) is 0. The summed E-state index contributed by atoms with van der Waals surface area (Å²) in [5.41, 5.74) is 6.29. The first kappa shape index (κ1) is 15.2. The maximum absolute atomic E-state index is 11.2. The van der Waals surface area contributed by atoms with Crippen LogP contribution in [0.1, 0.15) is 6.42 Å². The average molecular weight is 333 g/mol. The number of carbonyl (C=O) groups is 1. The van der Waals surface area contributed by atoms with Crippen LogP contribution >= 0.6 is 11.6 Å². The maximum atomic E-state index is 11.2. The van der Waals surface area contributed by atoms with E-state index in [4.69, 9.17) is 31.2 Å². The lowest BCUT2D eigenvalue weighted by Crippen LogP contribution is -2.30. The fourth-order valence-electron chi connectivity index (χ4n) is 1.96. The third-order valence-electron chi connectivity index (χ3n) is 2.94. The number of rotatable bonds is 6. The Kier molecular flexibility index (Phi) is 4.34. The Morgan fingerprint density at radius 3 is 2.74 bits per heavy atom. The number of primary amides is 1. The number of oxazole rings is 1. The van der Waals surface area contributed by atoms with Crippen molar-refractivity contribution in [1.29, 1.82) is 0 Å². The number of amides is 1. The second kappa shape index (κ2) is 6.58. The number of carbonyl (C=O) groups excluding carboxylic acids is 1. The van der Waals surface area contributed by atoms with Crippen LogP contribution in [0.15, 0.2) is 52.9 Å². The summed E-state index contributed by atoms with van der Waals surface area (Å²) < 4.78 is 16.6. The van der Waals surface area contributed by atoms with Gasteiger partial charge in [0, 0.05) is 11.1 Å². The molecule has 7 heteroatoms. The van der Waals surface area contributed by atoms with Crippen molar-refractivity contribution in [3.05, 3.63) is 53.6 Å². The van der Waals surface area contributed by atoms with Gasteiger partial charge in [0.1, 0.15) is 17.7 Å². The molecule has 1 aromatic heterocycles. The number of aromatic nitrogens is 1. The van der Waals surface area contributed by atoms with Gasteiger partial charge in [0.2, 0.25) is 5.91 Å². The Morgan fingerprint density at radius 2 is 2.00 bits per heavy atom. The Hall–Kier alpha value is -2.73. The first-order chi connectivity index (χ1) is 11.1. The molecule has 0 saturated carbocycles. The fourth-order valence-corrected chi connectivity index (χ4v) is 2.12. The molecule has 1 amide bonds. The topological polar surface area (TPSA) is 87.6 Å². The minimum absolute atomic E-state index is 0.0237. The smallest absolute Gasteiger partial charge is 0.397 e. The quantitative estimate of drug-likeness (QED) is 0.701. The summed E-state index contributed by atoms with van der Waals surface area (Å²) in [5.74, 6) is -0.0250. The second-order valence-electron chi connectivity index (χ2n) is 4.74. The summed E-state index contributed by atoms with van der Waals surface area (Å²) in [6.07, 6.45) is -1.11. The van der Waals surface area contributed by atoms with Crippen molar-refractivity contribution in [1.82, 2.24) is 4.98 Å². The van der Waals surface area contributed by atoms with E-state index >= 15 is 0 Å². The molecule has 3 aromatic rings. The zero-order valence-electron chi connectivity index (χ0n) is 11.9. The number of fused-ring (bicyclic) bond motifs is 1. The van der Waals surface area contributed by atoms with Crippen LogP contribution in [0.5, 0.6) is 11.8 Å². The first-order valence-electron chi connectivity index (χ1n) is 6.83. The molecule has 6 nitrogen and oxygen atoms in total. The zero-order valence-corrected chi connectivity index (χ0v) is 12.7. The molecule has 1 atom stereocenters. The van der Waals surface area contributed by atoms with Crippen molar-refractivity contribution in [2.24, 2.45) is 5.73 Å². The standard InChI is InChI=1S/C16H13ClN2O4/c17-10-6-7-12-13(8-10)22-16(19-12)23-15(9-14(18)20)21-11-4-2-1-3-5-11/h1-8,15H,9H2,(H2,18,20). The molecule has 0 saturated heterocycles. The Bertz CT molecular complexity index is 819. The minimum atomic E-state index is -0.946. The average Bonchev–Trinajstić information content (AvgIpc) is 2.88. The molecule has 0 spiro atoms. The number of para-hydroxylation sites is 1. The third-order valence-corrected chi connectivity index (χ3v) is 3.18. The van der Waals surface area contributed by atoms with Crippen molar-refractivity contribution in [2.45, 2.75) is 12.7 Å². The maximum Gasteiger partial charge on any atom is 0.397 e. The van der Waals surface area contributed by atoms with Gasteiger partial charge >= 0.3 is 6.08 Å². The molecule has 118 valence electrons. The van der Waals surface area contributed by atoms with Gasteiger partial charge in [-0.15, -0.1) is 0 Å². The van der Waals surface area contributed by atoms with Gasteiger partial charge in [0.05, 0.1) is 0 Å². The van der Waals surface area contributed by atoms with Crippen molar-refractivity contribution >= 4 is 28.6 Å². The minimum Gasteiger partial charge on any atom is -0.454 e. The van der Waals surface area contributed by atoms with E-state index in [0.717, 1.165) is 0 Å². The van der Waals surface area contributed by atoms with Gasteiger partial charge in [-0.25, -0.2) is 0 Å². The normalized spacial score (nSPS) is 12.0. The van der Waals surface area contributed by atoms with Gasteiger partial charge in [-0.05, 0) is 24.3 Å². The van der Waals surface area contributed by atoms with E-state index in [2.05, 4.69) is 4.98 Å². The van der Waals surface area contributed by atoms with Gasteiger partial charge in [-0.2, -0.15) is 4.98 Å². The van der Waals surface area contributed by atoms with E-state index in [9.17, 15) is 4.79 Å². The summed E-state index contributed by atoms with van der Waals surface area (Å²) in [4.78, 5) is 15.4. The molecule has 2 N–H and O–H groups in total. The number of nitrogens with zero attached hydrogens (tertiary/aromatic N) is 1. The lowest BCUT2D eigenvalue weighted by atomic mass is 10.3. The predicted molar refractivity (Wildman–Crippen MR) is 84.3 cm³/mol. The summed E-state index contributed by atoms with van der Waals surface area (Å²) in [6.45, 7) is 0. The predicted octanol–water partition coefficient (Wildman–Crippen LogP) is 3.14. The van der Waals surface area contributed by atoms with E-state index in [-0.39, 0.29) is 12.5 Å².